The molecule has 0 aliphatic carbocycles. The van der Waals surface area contributed by atoms with E-state index in [1.807, 2.05) is 31.2 Å². The van der Waals surface area contributed by atoms with Gasteiger partial charge in [-0.2, -0.15) is 0 Å². The Kier molecular flexibility index (Phi) is 6.60. The molecule has 0 atom stereocenters. The summed E-state index contributed by atoms with van der Waals surface area (Å²) in [5.41, 5.74) is 1.86. The number of nitrogens with zero attached hydrogens (tertiary/aromatic N) is 1. The van der Waals surface area contributed by atoms with E-state index in [-0.39, 0.29) is 12.6 Å². The Bertz CT molecular complexity index is 953. The number of rotatable bonds is 8. The fraction of sp³-hybridized carbons (Fsp3) is 0.238. The number of benzene rings is 2. The molecule has 0 fully saturated rings. The second-order valence-corrected chi connectivity index (χ2v) is 7.06. The predicted molar refractivity (Wildman–Crippen MR) is 107 cm³/mol. The minimum Gasteiger partial charge on any atom is -0.493 e. The molecule has 0 N–H and O–H groups in total. The molecule has 6 nitrogen and oxygen atoms in total. The number of methoxy groups -OCH3 is 2. The van der Waals surface area contributed by atoms with Gasteiger partial charge in [0.05, 0.1) is 19.8 Å². The molecule has 146 valence electrons. The molecule has 0 spiro atoms. The number of esters is 1. The van der Waals surface area contributed by atoms with Crippen molar-refractivity contribution < 1.29 is 23.5 Å². The van der Waals surface area contributed by atoms with Crippen molar-refractivity contribution >= 4 is 17.7 Å². The average molecular weight is 399 g/mol. The first kappa shape index (κ1) is 19.8. The van der Waals surface area contributed by atoms with Gasteiger partial charge < -0.3 is 18.7 Å². The highest BCUT2D eigenvalue weighted by molar-refractivity contribution is 7.99. The van der Waals surface area contributed by atoms with Gasteiger partial charge in [0.15, 0.2) is 17.3 Å². The zero-order valence-electron chi connectivity index (χ0n) is 15.9. The van der Waals surface area contributed by atoms with Gasteiger partial charge in [0.2, 0.25) is 0 Å². The summed E-state index contributed by atoms with van der Waals surface area (Å²) in [7, 11) is 3.15. The third-order valence-corrected chi connectivity index (χ3v) is 4.94. The fourth-order valence-corrected chi connectivity index (χ4v) is 3.43. The van der Waals surface area contributed by atoms with Crippen LogP contribution < -0.4 is 9.47 Å². The molecular weight excluding hydrogens is 378 g/mol. The number of hydrogen-bond donors (Lipinski definition) is 0. The van der Waals surface area contributed by atoms with E-state index in [1.54, 1.807) is 50.2 Å². The van der Waals surface area contributed by atoms with Crippen LogP contribution in [0.15, 0.2) is 57.9 Å². The molecular formula is C21H21NO5S. The lowest BCUT2D eigenvalue weighted by Gasteiger charge is -2.08. The number of thioether (sulfide) groups is 1. The van der Waals surface area contributed by atoms with Crippen LogP contribution >= 0.6 is 11.8 Å². The number of aromatic nitrogens is 1. The smallest absolute Gasteiger partial charge is 0.339 e. The van der Waals surface area contributed by atoms with Crippen molar-refractivity contribution in [2.75, 3.05) is 20.0 Å². The van der Waals surface area contributed by atoms with Crippen LogP contribution in [-0.4, -0.2) is 31.1 Å². The molecule has 0 saturated heterocycles. The van der Waals surface area contributed by atoms with E-state index in [0.717, 1.165) is 16.2 Å². The third kappa shape index (κ3) is 4.48. The zero-order valence-corrected chi connectivity index (χ0v) is 16.7. The lowest BCUT2D eigenvalue weighted by atomic mass is 10.1. The zero-order chi connectivity index (χ0) is 19.9. The van der Waals surface area contributed by atoms with Gasteiger partial charge in [-0.05, 0) is 36.1 Å². The van der Waals surface area contributed by atoms with E-state index in [9.17, 15) is 4.79 Å². The Morgan fingerprint density at radius 2 is 1.86 bits per heavy atom. The molecule has 3 rings (SSSR count). The van der Waals surface area contributed by atoms with Crippen LogP contribution in [0, 0.1) is 0 Å². The van der Waals surface area contributed by atoms with Crippen LogP contribution in [0.25, 0.3) is 11.3 Å². The Hall–Kier alpha value is -2.93. The van der Waals surface area contributed by atoms with Gasteiger partial charge in [-0.25, -0.2) is 4.79 Å². The van der Waals surface area contributed by atoms with Crippen molar-refractivity contribution in [1.29, 1.82) is 0 Å². The van der Waals surface area contributed by atoms with E-state index in [1.165, 1.54) is 0 Å². The maximum Gasteiger partial charge on any atom is 0.339 e. The van der Waals surface area contributed by atoms with Crippen molar-refractivity contribution in [3.8, 4) is 22.8 Å². The second kappa shape index (κ2) is 9.32. The quantitative estimate of drug-likeness (QED) is 0.397. The molecule has 0 aliphatic heterocycles. The summed E-state index contributed by atoms with van der Waals surface area (Å²) in [6.07, 6.45) is 0. The highest BCUT2D eigenvalue weighted by Gasteiger charge is 2.15. The Labute approximate surface area is 167 Å². The maximum atomic E-state index is 12.4. The number of hydrogen-bond acceptors (Lipinski definition) is 7. The van der Waals surface area contributed by atoms with Crippen LogP contribution in [0.1, 0.15) is 23.0 Å². The predicted octanol–water partition coefficient (Wildman–Crippen LogP) is 4.83. The molecule has 1 aromatic heterocycles. The van der Waals surface area contributed by atoms with E-state index in [4.69, 9.17) is 18.7 Å². The molecule has 0 aliphatic rings. The topological polar surface area (TPSA) is 70.8 Å². The van der Waals surface area contributed by atoms with Crippen molar-refractivity contribution in [3.05, 3.63) is 59.8 Å². The molecule has 2 aromatic carbocycles. The molecule has 0 amide bonds. The third-order valence-electron chi connectivity index (χ3n) is 3.98. The van der Waals surface area contributed by atoms with Crippen LogP contribution in [0.3, 0.4) is 0 Å². The summed E-state index contributed by atoms with van der Waals surface area (Å²) in [4.78, 5) is 13.3. The molecule has 0 unspecified atom stereocenters. The molecule has 7 heteroatoms. The van der Waals surface area contributed by atoms with Crippen molar-refractivity contribution in [2.45, 2.75) is 18.4 Å². The SMILES string of the molecule is CCSc1ccccc1C(=O)OCc1cc(-c2ccc(OC)c(OC)c2)on1. The van der Waals surface area contributed by atoms with E-state index in [0.29, 0.717) is 28.5 Å². The monoisotopic (exact) mass is 399 g/mol. The lowest BCUT2D eigenvalue weighted by molar-refractivity contribution is 0.0460. The Morgan fingerprint density at radius 1 is 1.07 bits per heavy atom. The molecule has 3 aromatic rings. The van der Waals surface area contributed by atoms with E-state index < -0.39 is 0 Å². The molecule has 0 bridgehead atoms. The van der Waals surface area contributed by atoms with E-state index >= 15 is 0 Å². The normalized spacial score (nSPS) is 10.5. The molecule has 0 saturated carbocycles. The van der Waals surface area contributed by atoms with Crippen molar-refractivity contribution in [1.82, 2.24) is 5.16 Å². The van der Waals surface area contributed by atoms with Gasteiger partial charge in [-0.1, -0.05) is 24.2 Å². The van der Waals surface area contributed by atoms with Gasteiger partial charge in [0.1, 0.15) is 12.3 Å². The van der Waals surface area contributed by atoms with Crippen molar-refractivity contribution in [2.24, 2.45) is 0 Å². The lowest BCUT2D eigenvalue weighted by Crippen LogP contribution is -2.06. The molecule has 0 radical (unpaired) electrons. The Balaban J connectivity index is 1.69. The maximum absolute atomic E-state index is 12.4. The highest BCUT2D eigenvalue weighted by Crippen LogP contribution is 2.32. The Morgan fingerprint density at radius 3 is 2.61 bits per heavy atom. The first-order valence-electron chi connectivity index (χ1n) is 8.73. The minimum absolute atomic E-state index is 0.0285. The molecule has 1 heterocycles. The minimum atomic E-state index is -0.382. The van der Waals surface area contributed by atoms with Gasteiger partial charge in [0, 0.05) is 16.5 Å². The number of ether oxygens (including phenoxy) is 3. The fourth-order valence-electron chi connectivity index (χ4n) is 2.64. The van der Waals surface area contributed by atoms with Crippen molar-refractivity contribution in [3.63, 3.8) is 0 Å². The first-order valence-corrected chi connectivity index (χ1v) is 9.71. The number of carbonyl (C=O) groups excluding carboxylic acids is 1. The summed E-state index contributed by atoms with van der Waals surface area (Å²) in [6.45, 7) is 2.07. The largest absolute Gasteiger partial charge is 0.493 e. The standard InChI is InChI=1S/C21H21NO5S/c1-4-28-20-8-6-5-7-16(20)21(23)26-13-15-12-18(27-22-15)14-9-10-17(24-2)19(11-14)25-3/h5-12H,4,13H2,1-3H3. The van der Waals surface area contributed by atoms with Gasteiger partial charge >= 0.3 is 5.97 Å². The summed E-state index contributed by atoms with van der Waals surface area (Å²) in [5, 5.41) is 3.99. The van der Waals surface area contributed by atoms with Crippen LogP contribution in [0.5, 0.6) is 11.5 Å². The van der Waals surface area contributed by atoms with Gasteiger partial charge in [0.25, 0.3) is 0 Å². The molecule has 28 heavy (non-hydrogen) atoms. The number of carbonyl (C=O) groups is 1. The first-order chi connectivity index (χ1) is 13.7. The van der Waals surface area contributed by atoms with Crippen LogP contribution in [0.2, 0.25) is 0 Å². The summed E-state index contributed by atoms with van der Waals surface area (Å²) in [5.74, 6) is 2.27. The summed E-state index contributed by atoms with van der Waals surface area (Å²) in [6, 6.07) is 14.6. The summed E-state index contributed by atoms with van der Waals surface area (Å²) < 4.78 is 21.3. The second-order valence-electron chi connectivity index (χ2n) is 5.76. The van der Waals surface area contributed by atoms with Crippen LogP contribution in [-0.2, 0) is 11.3 Å². The van der Waals surface area contributed by atoms with Gasteiger partial charge in [-0.3, -0.25) is 0 Å². The van der Waals surface area contributed by atoms with E-state index in [2.05, 4.69) is 5.16 Å². The van der Waals surface area contributed by atoms with Crippen LogP contribution in [0.4, 0.5) is 0 Å². The van der Waals surface area contributed by atoms with Gasteiger partial charge in [-0.15, -0.1) is 11.8 Å². The highest BCUT2D eigenvalue weighted by atomic mass is 32.2. The summed E-state index contributed by atoms with van der Waals surface area (Å²) >= 11 is 1.60. The average Bonchev–Trinajstić information content (AvgIpc) is 3.21.